The minimum Gasteiger partial charge on any atom is -0.369 e. The first-order valence-electron chi connectivity index (χ1n) is 10.3. The topological polar surface area (TPSA) is 91.8 Å². The quantitative estimate of drug-likeness (QED) is 0.518. The maximum absolute atomic E-state index is 13.7. The maximum atomic E-state index is 13.7. The third kappa shape index (κ3) is 4.89. The number of nitrogens with zero attached hydrogens (tertiary/aromatic N) is 3. The Kier molecular flexibility index (Phi) is 5.69. The number of fused-ring (bicyclic) bond motifs is 1. The zero-order valence-corrected chi connectivity index (χ0v) is 18.3. The van der Waals surface area contributed by atoms with E-state index in [1.165, 1.54) is 25.3 Å². The van der Waals surface area contributed by atoms with Crippen LogP contribution in [-0.4, -0.2) is 27.4 Å². The molecule has 172 valence electrons. The molecular weight excluding hydrogens is 433 g/mol. The summed E-state index contributed by atoms with van der Waals surface area (Å²) in [5, 5.41) is 8.45. The van der Waals surface area contributed by atoms with Gasteiger partial charge in [-0.05, 0) is 29.8 Å². The number of benzene rings is 1. The Hall–Kier alpha value is -3.69. The van der Waals surface area contributed by atoms with Crippen LogP contribution in [0.25, 0.3) is 11.3 Å². The maximum Gasteiger partial charge on any atom is 0.418 e. The number of carbonyl (C=O) groups is 1. The fourth-order valence-corrected chi connectivity index (χ4v) is 3.63. The van der Waals surface area contributed by atoms with Gasteiger partial charge in [-0.15, -0.1) is 0 Å². The van der Waals surface area contributed by atoms with Crippen molar-refractivity contribution in [3.8, 4) is 11.3 Å². The molecule has 10 heteroatoms. The summed E-state index contributed by atoms with van der Waals surface area (Å²) in [6.07, 6.45) is -1.44. The minimum absolute atomic E-state index is 0.00120. The lowest BCUT2D eigenvalue weighted by atomic mass is 9.87. The Balaban J connectivity index is 1.63. The normalized spacial score (nSPS) is 14.4. The van der Waals surface area contributed by atoms with Gasteiger partial charge >= 0.3 is 6.18 Å². The monoisotopic (exact) mass is 456 g/mol. The molecule has 1 amide bonds. The zero-order chi connectivity index (χ0) is 23.8. The van der Waals surface area contributed by atoms with Crippen molar-refractivity contribution in [2.75, 3.05) is 17.2 Å². The van der Waals surface area contributed by atoms with Crippen molar-refractivity contribution >= 4 is 23.4 Å². The number of alkyl halides is 3. The summed E-state index contributed by atoms with van der Waals surface area (Å²) in [5.74, 6) is 0.534. The summed E-state index contributed by atoms with van der Waals surface area (Å²) >= 11 is 0. The van der Waals surface area contributed by atoms with Gasteiger partial charge in [0.2, 0.25) is 11.9 Å². The summed E-state index contributed by atoms with van der Waals surface area (Å²) in [6, 6.07) is 7.50. The minimum atomic E-state index is -4.60. The van der Waals surface area contributed by atoms with Gasteiger partial charge in [-0.25, -0.2) is 15.0 Å². The third-order valence-electron chi connectivity index (χ3n) is 5.44. The average molecular weight is 456 g/mol. The highest BCUT2D eigenvalue weighted by molar-refractivity contribution is 5.73. The Bertz CT molecular complexity index is 1210. The third-order valence-corrected chi connectivity index (χ3v) is 5.44. The molecule has 0 saturated carbocycles. The second kappa shape index (κ2) is 8.34. The van der Waals surface area contributed by atoms with Crippen molar-refractivity contribution in [3.05, 3.63) is 59.4 Å². The van der Waals surface area contributed by atoms with Gasteiger partial charge in [0.1, 0.15) is 5.82 Å². The van der Waals surface area contributed by atoms with E-state index in [0.29, 0.717) is 11.3 Å². The van der Waals surface area contributed by atoms with Gasteiger partial charge in [-0.2, -0.15) is 13.2 Å². The first-order chi connectivity index (χ1) is 15.5. The van der Waals surface area contributed by atoms with E-state index in [1.54, 1.807) is 12.3 Å². The fraction of sp³-hybridized carbons (Fsp3) is 0.304. The predicted octanol–water partition coefficient (Wildman–Crippen LogP) is 4.64. The molecule has 0 atom stereocenters. The van der Waals surface area contributed by atoms with Gasteiger partial charge in [0.15, 0.2) is 0 Å². The van der Waals surface area contributed by atoms with Crippen LogP contribution in [0.3, 0.4) is 0 Å². The van der Waals surface area contributed by atoms with E-state index in [0.717, 1.165) is 29.6 Å². The Morgan fingerprint density at radius 1 is 1.18 bits per heavy atom. The van der Waals surface area contributed by atoms with Crippen LogP contribution in [-0.2, 0) is 22.9 Å². The molecule has 1 aliphatic heterocycles. The van der Waals surface area contributed by atoms with E-state index in [2.05, 4.69) is 44.7 Å². The van der Waals surface area contributed by atoms with E-state index >= 15 is 0 Å². The van der Waals surface area contributed by atoms with Crippen LogP contribution >= 0.6 is 0 Å². The summed E-state index contributed by atoms with van der Waals surface area (Å²) in [4.78, 5) is 24.0. The highest BCUT2D eigenvalue weighted by atomic mass is 19.4. The summed E-state index contributed by atoms with van der Waals surface area (Å²) in [7, 11) is 0. The molecular formula is C23H23F3N6O. The fourth-order valence-electron chi connectivity index (χ4n) is 3.63. The SMILES string of the molecule is CC(=O)NCc1ccc(Nc2nccc(-c3cnc4c(c3)C(C)(C)CN4)n2)c(C(F)(F)F)c1. The first-order valence-corrected chi connectivity index (χ1v) is 10.3. The lowest BCUT2D eigenvalue weighted by Crippen LogP contribution is -2.19. The highest BCUT2D eigenvalue weighted by Crippen LogP contribution is 2.38. The molecule has 2 aromatic heterocycles. The van der Waals surface area contributed by atoms with Crippen LogP contribution in [0.15, 0.2) is 42.7 Å². The summed E-state index contributed by atoms with van der Waals surface area (Å²) in [6.45, 7) is 6.30. The second-order valence-corrected chi connectivity index (χ2v) is 8.54. The molecule has 0 saturated heterocycles. The lowest BCUT2D eigenvalue weighted by molar-refractivity contribution is -0.137. The molecule has 1 aromatic carbocycles. The number of hydrogen-bond acceptors (Lipinski definition) is 6. The zero-order valence-electron chi connectivity index (χ0n) is 18.3. The molecule has 0 spiro atoms. The molecule has 1 aliphatic rings. The van der Waals surface area contributed by atoms with Crippen LogP contribution in [0.4, 0.5) is 30.6 Å². The van der Waals surface area contributed by atoms with Gasteiger partial charge < -0.3 is 16.0 Å². The van der Waals surface area contributed by atoms with Crippen molar-refractivity contribution in [3.63, 3.8) is 0 Å². The summed E-state index contributed by atoms with van der Waals surface area (Å²) in [5.41, 5.74) is 1.54. The van der Waals surface area contributed by atoms with Crippen molar-refractivity contribution < 1.29 is 18.0 Å². The molecule has 0 fully saturated rings. The molecule has 3 aromatic rings. The number of pyridine rings is 1. The smallest absolute Gasteiger partial charge is 0.369 e. The van der Waals surface area contributed by atoms with Crippen molar-refractivity contribution in [1.29, 1.82) is 0 Å². The van der Waals surface area contributed by atoms with Crippen LogP contribution in [0.2, 0.25) is 0 Å². The van der Waals surface area contributed by atoms with Gasteiger partial charge in [-0.3, -0.25) is 4.79 Å². The molecule has 4 rings (SSSR count). The lowest BCUT2D eigenvalue weighted by Gasteiger charge is -2.17. The van der Waals surface area contributed by atoms with Crippen molar-refractivity contribution in [2.24, 2.45) is 0 Å². The molecule has 0 aliphatic carbocycles. The van der Waals surface area contributed by atoms with Gasteiger partial charge in [0.05, 0.1) is 16.9 Å². The molecule has 3 heterocycles. The Morgan fingerprint density at radius 2 is 1.97 bits per heavy atom. The van der Waals surface area contributed by atoms with E-state index in [9.17, 15) is 18.0 Å². The Labute approximate surface area is 188 Å². The summed E-state index contributed by atoms with van der Waals surface area (Å²) < 4.78 is 41.1. The second-order valence-electron chi connectivity index (χ2n) is 8.54. The number of anilines is 3. The number of carbonyl (C=O) groups excluding carboxylic acids is 1. The molecule has 7 nitrogen and oxygen atoms in total. The predicted molar refractivity (Wildman–Crippen MR) is 119 cm³/mol. The number of hydrogen-bond donors (Lipinski definition) is 3. The molecule has 0 unspecified atom stereocenters. The molecule has 33 heavy (non-hydrogen) atoms. The van der Waals surface area contributed by atoms with E-state index in [1.807, 2.05) is 6.07 Å². The van der Waals surface area contributed by atoms with Gasteiger partial charge in [0, 0.05) is 48.9 Å². The van der Waals surface area contributed by atoms with E-state index in [4.69, 9.17) is 0 Å². The van der Waals surface area contributed by atoms with Gasteiger partial charge in [-0.1, -0.05) is 19.9 Å². The molecule has 0 bridgehead atoms. The highest BCUT2D eigenvalue weighted by Gasteiger charge is 2.34. The van der Waals surface area contributed by atoms with Crippen LogP contribution in [0.1, 0.15) is 37.5 Å². The number of rotatable bonds is 5. The van der Waals surface area contributed by atoms with Gasteiger partial charge in [0.25, 0.3) is 0 Å². The van der Waals surface area contributed by atoms with Crippen LogP contribution in [0.5, 0.6) is 0 Å². The van der Waals surface area contributed by atoms with E-state index < -0.39 is 11.7 Å². The number of halogens is 3. The molecule has 3 N–H and O–H groups in total. The van der Waals surface area contributed by atoms with Crippen LogP contribution < -0.4 is 16.0 Å². The average Bonchev–Trinajstić information content (AvgIpc) is 3.06. The van der Waals surface area contributed by atoms with Crippen LogP contribution in [0, 0.1) is 0 Å². The Morgan fingerprint density at radius 3 is 2.70 bits per heavy atom. The standard InChI is InChI=1S/C23H23F3N6O/c1-13(33)28-10-14-4-5-19(16(8-14)23(24,25)26)32-21-27-7-6-18(31-21)15-9-17-20(29-11-15)30-12-22(17,2)3/h4-9,11H,10,12H2,1-3H3,(H,28,33)(H,29,30)(H,27,31,32). The number of aromatic nitrogens is 3. The van der Waals surface area contributed by atoms with Crippen molar-refractivity contribution in [1.82, 2.24) is 20.3 Å². The first kappa shape index (κ1) is 22.5. The largest absolute Gasteiger partial charge is 0.418 e. The number of nitrogens with one attached hydrogen (secondary N) is 3. The molecule has 0 radical (unpaired) electrons. The van der Waals surface area contributed by atoms with E-state index in [-0.39, 0.29) is 29.5 Å². The van der Waals surface area contributed by atoms with Crippen molar-refractivity contribution in [2.45, 2.75) is 38.9 Å². The number of amides is 1.